The van der Waals surface area contributed by atoms with Gasteiger partial charge in [-0.1, -0.05) is 6.07 Å². The van der Waals surface area contributed by atoms with E-state index in [1.165, 1.54) is 11.3 Å². The second kappa shape index (κ2) is 12.7. The number of nitrogens with one attached hydrogen (secondary N) is 1. The molecule has 42 heavy (non-hydrogen) atoms. The van der Waals surface area contributed by atoms with Crippen LogP contribution in [0.5, 0.6) is 0 Å². The lowest BCUT2D eigenvalue weighted by molar-refractivity contribution is -0.137. The van der Waals surface area contributed by atoms with Crippen molar-refractivity contribution in [2.45, 2.75) is 58.2 Å². The van der Waals surface area contributed by atoms with Crippen molar-refractivity contribution in [2.24, 2.45) is 0 Å². The Bertz CT molecular complexity index is 1540. The lowest BCUT2D eigenvalue weighted by Crippen LogP contribution is -2.33. The maximum Gasteiger partial charge on any atom is 0.416 e. The zero-order valence-electron chi connectivity index (χ0n) is 23.5. The number of hydrogen-bond acceptors (Lipinski definition) is 8. The molecule has 0 aliphatic heterocycles. The number of thiazole rings is 1. The highest BCUT2D eigenvalue weighted by Gasteiger charge is 2.36. The summed E-state index contributed by atoms with van der Waals surface area (Å²) in [6.07, 6.45) is 1.09. The molecule has 3 heterocycles. The van der Waals surface area contributed by atoms with E-state index in [1.54, 1.807) is 12.3 Å². The van der Waals surface area contributed by atoms with Gasteiger partial charge in [-0.3, -0.25) is 0 Å². The minimum atomic E-state index is -4.47. The third-order valence-corrected chi connectivity index (χ3v) is 9.60. The van der Waals surface area contributed by atoms with E-state index in [1.807, 2.05) is 39.0 Å². The summed E-state index contributed by atoms with van der Waals surface area (Å²) in [4.78, 5) is 14.0. The summed E-state index contributed by atoms with van der Waals surface area (Å²) in [5, 5.41) is 16.5. The highest BCUT2D eigenvalue weighted by Crippen LogP contribution is 2.42. The van der Waals surface area contributed by atoms with Crippen molar-refractivity contribution in [3.05, 3.63) is 82.1 Å². The summed E-state index contributed by atoms with van der Waals surface area (Å²) in [7, 11) is -1.16. The molecular formula is C30H32F3N4O3PS. The molecular weight excluding hydrogens is 584 g/mol. The Labute approximate surface area is 248 Å². The van der Waals surface area contributed by atoms with E-state index in [9.17, 15) is 18.3 Å². The summed E-state index contributed by atoms with van der Waals surface area (Å²) in [5.41, 5.74) is 1.68. The van der Waals surface area contributed by atoms with Gasteiger partial charge in [0, 0.05) is 24.1 Å². The second-order valence-corrected chi connectivity index (χ2v) is 12.7. The number of anilines is 2. The van der Waals surface area contributed by atoms with Crippen molar-refractivity contribution in [3.63, 3.8) is 0 Å². The van der Waals surface area contributed by atoms with Crippen molar-refractivity contribution < 1.29 is 27.3 Å². The Balaban J connectivity index is 1.36. The van der Waals surface area contributed by atoms with E-state index < -0.39 is 25.7 Å². The molecule has 0 saturated carbocycles. The summed E-state index contributed by atoms with van der Waals surface area (Å²) < 4.78 is 51.1. The molecule has 0 unspecified atom stereocenters. The van der Waals surface area contributed by atoms with Crippen LogP contribution in [-0.2, 0) is 33.7 Å². The molecule has 2 N–H and O–H groups in total. The second-order valence-electron chi connectivity index (χ2n) is 10.1. The molecule has 4 aromatic rings. The number of fused-ring (bicyclic) bond motifs is 1. The molecule has 0 radical (unpaired) electrons. The van der Waals surface area contributed by atoms with Crippen LogP contribution in [0.15, 0.2) is 54.9 Å². The van der Waals surface area contributed by atoms with Crippen LogP contribution in [0.2, 0.25) is 0 Å². The van der Waals surface area contributed by atoms with Crippen LogP contribution in [0.25, 0.3) is 10.6 Å². The first-order valence-electron chi connectivity index (χ1n) is 13.7. The number of hydrogen-bond donors (Lipinski definition) is 2. The van der Waals surface area contributed by atoms with Gasteiger partial charge in [-0.2, -0.15) is 13.2 Å². The first kappa shape index (κ1) is 30.5. The van der Waals surface area contributed by atoms with Crippen LogP contribution in [-0.4, -0.2) is 33.3 Å². The van der Waals surface area contributed by atoms with E-state index in [0.717, 1.165) is 63.1 Å². The molecule has 0 fully saturated rings. The van der Waals surface area contributed by atoms with Crippen molar-refractivity contribution in [2.75, 3.05) is 18.5 Å². The average molecular weight is 617 g/mol. The molecule has 0 amide bonds. The summed E-state index contributed by atoms with van der Waals surface area (Å²) in [6.45, 7) is 6.91. The smallest absolute Gasteiger partial charge is 0.385 e. The number of rotatable bonds is 10. The number of halogens is 3. The number of pyridine rings is 2. The summed E-state index contributed by atoms with van der Waals surface area (Å²) in [5.74, 6) is 0.428. The SMILES string of the molecule is CCOP(OCC)c1ccc2c(c1)CCC[C@]2(O)Cc1ncc(-c2cc(C)cc(Nc3cc(C(F)(F)F)ccn3)n2)s1. The van der Waals surface area contributed by atoms with Crippen LogP contribution in [0.4, 0.5) is 24.8 Å². The van der Waals surface area contributed by atoms with Gasteiger partial charge in [0.2, 0.25) is 8.38 Å². The van der Waals surface area contributed by atoms with Gasteiger partial charge in [0.1, 0.15) is 11.6 Å². The Morgan fingerprint density at radius 3 is 2.57 bits per heavy atom. The van der Waals surface area contributed by atoms with Crippen LogP contribution >= 0.6 is 19.7 Å². The molecule has 1 aliphatic rings. The molecule has 0 bridgehead atoms. The molecule has 7 nitrogen and oxygen atoms in total. The zero-order valence-corrected chi connectivity index (χ0v) is 25.2. The monoisotopic (exact) mass is 616 g/mol. The number of aryl methyl sites for hydroxylation is 2. The summed E-state index contributed by atoms with van der Waals surface area (Å²) in [6, 6.07) is 11.6. The fraction of sp³-hybridized carbons (Fsp3) is 0.367. The Kier molecular flexibility index (Phi) is 9.25. The first-order valence-corrected chi connectivity index (χ1v) is 15.7. The van der Waals surface area contributed by atoms with Crippen molar-refractivity contribution in [1.29, 1.82) is 0 Å². The Morgan fingerprint density at radius 2 is 1.83 bits per heavy atom. The molecule has 1 aliphatic carbocycles. The van der Waals surface area contributed by atoms with Crippen LogP contribution in [0.3, 0.4) is 0 Å². The minimum absolute atomic E-state index is 0.0512. The highest BCUT2D eigenvalue weighted by atomic mass is 32.1. The van der Waals surface area contributed by atoms with Gasteiger partial charge >= 0.3 is 6.18 Å². The molecule has 3 aromatic heterocycles. The van der Waals surface area contributed by atoms with Crippen molar-refractivity contribution >= 4 is 36.7 Å². The molecule has 12 heteroatoms. The number of benzene rings is 1. The minimum Gasteiger partial charge on any atom is -0.385 e. The van der Waals surface area contributed by atoms with E-state index in [2.05, 4.69) is 26.3 Å². The van der Waals surface area contributed by atoms with Gasteiger partial charge < -0.3 is 19.5 Å². The number of aliphatic hydroxyl groups is 1. The Hall–Kier alpha value is -2.95. The predicted molar refractivity (Wildman–Crippen MR) is 159 cm³/mol. The van der Waals surface area contributed by atoms with Gasteiger partial charge in [0.15, 0.2) is 0 Å². The largest absolute Gasteiger partial charge is 0.416 e. The van der Waals surface area contributed by atoms with Gasteiger partial charge in [0.25, 0.3) is 0 Å². The zero-order chi connectivity index (χ0) is 29.9. The molecule has 0 saturated heterocycles. The molecule has 0 spiro atoms. The number of alkyl halides is 3. The van der Waals surface area contributed by atoms with Crippen molar-refractivity contribution in [3.8, 4) is 10.6 Å². The van der Waals surface area contributed by atoms with Gasteiger partial charge in [-0.05, 0) is 93.1 Å². The maximum absolute atomic E-state index is 13.1. The van der Waals surface area contributed by atoms with E-state index in [4.69, 9.17) is 9.05 Å². The number of aromatic nitrogens is 3. The fourth-order valence-corrected chi connectivity index (χ4v) is 7.37. The molecule has 5 rings (SSSR count). The quantitative estimate of drug-likeness (QED) is 0.179. The topological polar surface area (TPSA) is 89.4 Å². The van der Waals surface area contributed by atoms with Gasteiger partial charge in [-0.15, -0.1) is 11.3 Å². The standard InChI is InChI=1S/C30H32F3N4O3PS/c1-4-39-41(40-5-2)22-8-9-23-20(15-22)7-6-11-29(23,38)17-28-35-18-25(42-28)24-13-19(3)14-27(36-24)37-26-16-21(10-12-34-26)30(31,32)33/h8-10,12-16,18,38H,4-7,11,17H2,1-3H3,(H,34,36,37)/t29-/m0/s1. The average Bonchev–Trinajstić information content (AvgIpc) is 3.40. The van der Waals surface area contributed by atoms with E-state index >= 15 is 0 Å². The van der Waals surface area contributed by atoms with E-state index in [0.29, 0.717) is 37.6 Å². The lowest BCUT2D eigenvalue weighted by Gasteiger charge is -2.34. The normalized spacial score (nSPS) is 17.0. The molecule has 1 atom stereocenters. The van der Waals surface area contributed by atoms with Crippen LogP contribution in [0, 0.1) is 6.92 Å². The third kappa shape index (κ3) is 6.98. The lowest BCUT2D eigenvalue weighted by atomic mass is 9.77. The predicted octanol–water partition coefficient (Wildman–Crippen LogP) is 7.45. The molecule has 1 aromatic carbocycles. The highest BCUT2D eigenvalue weighted by molar-refractivity contribution is 7.56. The number of nitrogens with zero attached hydrogens (tertiary/aromatic N) is 3. The van der Waals surface area contributed by atoms with Gasteiger partial charge in [0.05, 0.1) is 40.0 Å². The van der Waals surface area contributed by atoms with Crippen LogP contribution in [0.1, 0.15) is 54.0 Å². The summed E-state index contributed by atoms with van der Waals surface area (Å²) >= 11 is 1.44. The first-order chi connectivity index (χ1) is 20.1. The fourth-order valence-electron chi connectivity index (χ4n) is 5.09. The van der Waals surface area contributed by atoms with Gasteiger partial charge in [-0.25, -0.2) is 15.0 Å². The Morgan fingerprint density at radius 1 is 1.05 bits per heavy atom. The van der Waals surface area contributed by atoms with Crippen LogP contribution < -0.4 is 10.6 Å². The third-order valence-electron chi connectivity index (χ3n) is 6.89. The van der Waals surface area contributed by atoms with E-state index in [-0.39, 0.29) is 5.82 Å². The van der Waals surface area contributed by atoms with Crippen molar-refractivity contribution in [1.82, 2.24) is 15.0 Å². The molecule has 222 valence electrons. The maximum atomic E-state index is 13.1.